The predicted octanol–water partition coefficient (Wildman–Crippen LogP) is 2.50. The van der Waals surface area contributed by atoms with Gasteiger partial charge in [-0.15, -0.1) is 0 Å². The molecule has 1 rings (SSSR count). The third kappa shape index (κ3) is 2.68. The summed E-state index contributed by atoms with van der Waals surface area (Å²) in [7, 11) is 0. The fourth-order valence-corrected chi connectivity index (χ4v) is 1.30. The van der Waals surface area contributed by atoms with Gasteiger partial charge in [0.25, 0.3) is 0 Å². The summed E-state index contributed by atoms with van der Waals surface area (Å²) >= 11 is 0. The average molecular weight is 182 g/mol. The van der Waals surface area contributed by atoms with E-state index in [1.165, 1.54) is 12.3 Å². The second-order valence-corrected chi connectivity index (χ2v) is 2.83. The normalized spacial score (nSPS) is 16.2. The fraction of sp³-hybridized carbons (Fsp3) is 0.500. The maximum Gasteiger partial charge on any atom is 0.121 e. The monoisotopic (exact) mass is 182 g/mol. The summed E-state index contributed by atoms with van der Waals surface area (Å²) in [6.07, 6.45) is 5.05. The molecule has 2 nitrogen and oxygen atoms in total. The molecule has 0 spiro atoms. The van der Waals surface area contributed by atoms with E-state index >= 15 is 0 Å². The van der Waals surface area contributed by atoms with Crippen molar-refractivity contribution in [3.63, 3.8) is 0 Å². The standard InChI is InChI=1S/C10H15FN2/c1-3-13(4-2)10-6-5-9(11)7-8-12-10/h5,7-8H,3-4,6H2,1-2H3. The summed E-state index contributed by atoms with van der Waals surface area (Å²) in [4.78, 5) is 6.31. The lowest BCUT2D eigenvalue weighted by Crippen LogP contribution is -2.29. The predicted molar refractivity (Wildman–Crippen MR) is 53.3 cm³/mol. The third-order valence-electron chi connectivity index (χ3n) is 2.07. The van der Waals surface area contributed by atoms with Gasteiger partial charge in [0, 0.05) is 25.7 Å². The van der Waals surface area contributed by atoms with E-state index in [4.69, 9.17) is 0 Å². The van der Waals surface area contributed by atoms with Crippen LogP contribution >= 0.6 is 0 Å². The van der Waals surface area contributed by atoms with Gasteiger partial charge in [-0.1, -0.05) is 0 Å². The van der Waals surface area contributed by atoms with Crippen LogP contribution in [0, 0.1) is 0 Å². The van der Waals surface area contributed by atoms with E-state index in [2.05, 4.69) is 23.7 Å². The molecule has 1 aliphatic rings. The van der Waals surface area contributed by atoms with E-state index in [-0.39, 0.29) is 5.83 Å². The van der Waals surface area contributed by atoms with Crippen LogP contribution in [-0.2, 0) is 0 Å². The number of hydrogen-bond donors (Lipinski definition) is 0. The molecule has 72 valence electrons. The van der Waals surface area contributed by atoms with Crippen LogP contribution in [0.5, 0.6) is 0 Å². The Kier molecular flexibility index (Phi) is 3.68. The van der Waals surface area contributed by atoms with Crippen molar-refractivity contribution in [2.75, 3.05) is 13.1 Å². The highest BCUT2D eigenvalue weighted by Crippen LogP contribution is 2.08. The van der Waals surface area contributed by atoms with Gasteiger partial charge in [0.1, 0.15) is 11.7 Å². The van der Waals surface area contributed by atoms with Gasteiger partial charge in [0.2, 0.25) is 0 Å². The molecular formula is C10H15FN2. The molecule has 0 saturated carbocycles. The van der Waals surface area contributed by atoms with Crippen LogP contribution in [0.2, 0.25) is 0 Å². The maximum absolute atomic E-state index is 12.8. The molecule has 3 heteroatoms. The first-order valence-corrected chi connectivity index (χ1v) is 4.61. The second-order valence-electron chi connectivity index (χ2n) is 2.83. The van der Waals surface area contributed by atoms with Crippen molar-refractivity contribution in [3.8, 4) is 0 Å². The summed E-state index contributed by atoms with van der Waals surface area (Å²) < 4.78 is 12.8. The maximum atomic E-state index is 12.8. The zero-order chi connectivity index (χ0) is 9.68. The Morgan fingerprint density at radius 2 is 2.15 bits per heavy atom. The van der Waals surface area contributed by atoms with Crippen LogP contribution in [0.4, 0.5) is 4.39 Å². The zero-order valence-electron chi connectivity index (χ0n) is 8.13. The molecule has 0 bridgehead atoms. The smallest absolute Gasteiger partial charge is 0.121 e. The van der Waals surface area contributed by atoms with E-state index in [0.717, 1.165) is 18.9 Å². The highest BCUT2D eigenvalue weighted by molar-refractivity contribution is 5.84. The van der Waals surface area contributed by atoms with Gasteiger partial charge in [0.15, 0.2) is 0 Å². The van der Waals surface area contributed by atoms with Crippen molar-refractivity contribution in [2.45, 2.75) is 20.3 Å². The lowest BCUT2D eigenvalue weighted by atomic mass is 10.3. The molecule has 0 aliphatic carbocycles. The first-order chi connectivity index (χ1) is 6.27. The van der Waals surface area contributed by atoms with Crippen molar-refractivity contribution in [3.05, 3.63) is 24.2 Å². The summed E-state index contributed by atoms with van der Waals surface area (Å²) in [6.45, 7) is 5.97. The van der Waals surface area contributed by atoms with Crippen LogP contribution in [0.1, 0.15) is 20.3 Å². The molecule has 1 heterocycles. The Labute approximate surface area is 78.5 Å². The van der Waals surface area contributed by atoms with Gasteiger partial charge >= 0.3 is 0 Å². The number of amidine groups is 1. The first-order valence-electron chi connectivity index (χ1n) is 4.61. The van der Waals surface area contributed by atoms with Gasteiger partial charge in [0.05, 0.1) is 0 Å². The Morgan fingerprint density at radius 3 is 2.77 bits per heavy atom. The van der Waals surface area contributed by atoms with E-state index in [9.17, 15) is 4.39 Å². The van der Waals surface area contributed by atoms with Crippen molar-refractivity contribution >= 4 is 5.84 Å². The van der Waals surface area contributed by atoms with E-state index in [1.54, 1.807) is 6.08 Å². The zero-order valence-corrected chi connectivity index (χ0v) is 8.13. The van der Waals surface area contributed by atoms with Gasteiger partial charge in [-0.05, 0) is 26.0 Å². The van der Waals surface area contributed by atoms with Crippen LogP contribution in [0.25, 0.3) is 0 Å². The Hall–Kier alpha value is -1.12. The largest absolute Gasteiger partial charge is 0.360 e. The summed E-state index contributed by atoms with van der Waals surface area (Å²) in [5.41, 5.74) is 0. The van der Waals surface area contributed by atoms with Crippen LogP contribution < -0.4 is 0 Å². The van der Waals surface area contributed by atoms with Crippen molar-refractivity contribution < 1.29 is 4.39 Å². The number of halogens is 1. The summed E-state index contributed by atoms with van der Waals surface area (Å²) in [6, 6.07) is 0. The van der Waals surface area contributed by atoms with Crippen molar-refractivity contribution in [1.82, 2.24) is 4.90 Å². The molecule has 0 aromatic heterocycles. The summed E-state index contributed by atoms with van der Waals surface area (Å²) in [5, 5.41) is 0. The molecule has 0 saturated heterocycles. The molecule has 0 fully saturated rings. The molecule has 0 atom stereocenters. The fourth-order valence-electron chi connectivity index (χ4n) is 1.30. The first kappa shape index (κ1) is 9.96. The molecular weight excluding hydrogens is 167 g/mol. The molecule has 0 N–H and O–H groups in total. The van der Waals surface area contributed by atoms with Crippen molar-refractivity contribution in [2.24, 2.45) is 4.99 Å². The number of nitrogens with zero attached hydrogens (tertiary/aromatic N) is 2. The molecule has 13 heavy (non-hydrogen) atoms. The number of allylic oxidation sites excluding steroid dienone is 2. The number of rotatable bonds is 2. The van der Waals surface area contributed by atoms with E-state index in [0.29, 0.717) is 6.42 Å². The molecule has 1 aliphatic heterocycles. The minimum Gasteiger partial charge on any atom is -0.360 e. The minimum atomic E-state index is -0.203. The van der Waals surface area contributed by atoms with Gasteiger partial charge in [-0.25, -0.2) is 9.38 Å². The lowest BCUT2D eigenvalue weighted by molar-refractivity contribution is 0.459. The topological polar surface area (TPSA) is 15.6 Å². The number of hydrogen-bond acceptors (Lipinski definition) is 2. The molecule has 0 aromatic carbocycles. The lowest BCUT2D eigenvalue weighted by Gasteiger charge is -2.21. The van der Waals surface area contributed by atoms with Crippen molar-refractivity contribution in [1.29, 1.82) is 0 Å². The van der Waals surface area contributed by atoms with Crippen LogP contribution in [0.3, 0.4) is 0 Å². The Balaban J connectivity index is 2.71. The minimum absolute atomic E-state index is 0.203. The second kappa shape index (κ2) is 4.80. The van der Waals surface area contributed by atoms with E-state index < -0.39 is 0 Å². The quantitative estimate of drug-likeness (QED) is 0.640. The average Bonchev–Trinajstić information content (AvgIpc) is 2.34. The summed E-state index contributed by atoms with van der Waals surface area (Å²) in [5.74, 6) is 0.736. The number of aliphatic imine (C=N–C) groups is 1. The SMILES string of the molecule is CCN(CC)C1=NC=CC(F)=CC1. The van der Waals surface area contributed by atoms with Gasteiger partial charge in [-0.3, -0.25) is 0 Å². The Bertz CT molecular complexity index is 247. The molecule has 0 radical (unpaired) electrons. The third-order valence-corrected chi connectivity index (χ3v) is 2.07. The molecule has 0 aromatic rings. The highest BCUT2D eigenvalue weighted by Gasteiger charge is 2.06. The van der Waals surface area contributed by atoms with Crippen LogP contribution in [-0.4, -0.2) is 23.8 Å². The van der Waals surface area contributed by atoms with E-state index in [1.807, 2.05) is 0 Å². The highest BCUT2D eigenvalue weighted by atomic mass is 19.1. The van der Waals surface area contributed by atoms with Gasteiger partial charge < -0.3 is 4.90 Å². The van der Waals surface area contributed by atoms with Crippen LogP contribution in [0.15, 0.2) is 29.2 Å². The van der Waals surface area contributed by atoms with Gasteiger partial charge in [-0.2, -0.15) is 0 Å². The molecule has 0 amide bonds. The Morgan fingerprint density at radius 1 is 1.46 bits per heavy atom. The molecule has 0 unspecified atom stereocenters.